The maximum Gasteiger partial charge on any atom is 0.141 e. The first kappa shape index (κ1) is 15.0. The molecule has 2 aromatic rings. The van der Waals surface area contributed by atoms with Crippen molar-refractivity contribution >= 4 is 43.2 Å². The molecule has 0 radical (unpaired) electrons. The molecule has 1 aromatic heterocycles. The van der Waals surface area contributed by atoms with Gasteiger partial charge in [0.25, 0.3) is 0 Å². The van der Waals surface area contributed by atoms with Gasteiger partial charge in [-0.15, -0.1) is 11.3 Å². The molecule has 1 heterocycles. The van der Waals surface area contributed by atoms with Crippen molar-refractivity contribution in [2.45, 2.75) is 13.0 Å². The van der Waals surface area contributed by atoms with Gasteiger partial charge in [0.15, 0.2) is 0 Å². The van der Waals surface area contributed by atoms with Crippen LogP contribution >= 0.6 is 43.2 Å². The molecule has 1 N–H and O–H groups in total. The topological polar surface area (TPSA) is 29.5 Å². The number of halogens is 3. The second-order valence-electron chi connectivity index (χ2n) is 4.02. The van der Waals surface area contributed by atoms with Gasteiger partial charge in [0.2, 0.25) is 0 Å². The summed E-state index contributed by atoms with van der Waals surface area (Å²) in [5.74, 6) is -0.0910. The normalized spacial score (nSPS) is 12.5. The molecule has 1 atom stereocenters. The van der Waals surface area contributed by atoms with Crippen molar-refractivity contribution in [2.24, 2.45) is 0 Å². The van der Waals surface area contributed by atoms with Crippen molar-refractivity contribution in [1.29, 1.82) is 0 Å². The quantitative estimate of drug-likeness (QED) is 0.787. The zero-order valence-corrected chi connectivity index (χ0v) is 14.2. The van der Waals surface area contributed by atoms with E-state index in [1.165, 1.54) is 24.5 Å². The van der Waals surface area contributed by atoms with Crippen LogP contribution in [0.4, 0.5) is 4.39 Å². The van der Waals surface area contributed by atoms with Gasteiger partial charge in [-0.1, -0.05) is 0 Å². The predicted molar refractivity (Wildman–Crippen MR) is 81.5 cm³/mol. The Morgan fingerprint density at radius 1 is 1.32 bits per heavy atom. The zero-order valence-electron chi connectivity index (χ0n) is 10.2. The third kappa shape index (κ3) is 3.02. The molecule has 19 heavy (non-hydrogen) atoms. The average Bonchev–Trinajstić information content (AvgIpc) is 2.71. The fourth-order valence-corrected chi connectivity index (χ4v) is 3.64. The number of rotatable bonds is 3. The standard InChI is InChI=1S/C13H11Br2FO2S/c1-6-3-11(19-13(6)15)12(17)7-4-8(14)9(16)5-10(7)18-2/h3-5,12,17H,1-2H3. The van der Waals surface area contributed by atoms with Crippen molar-refractivity contribution < 1.29 is 14.2 Å². The third-order valence-electron chi connectivity index (χ3n) is 2.71. The van der Waals surface area contributed by atoms with Crippen molar-refractivity contribution in [2.75, 3.05) is 7.11 Å². The minimum atomic E-state index is -0.846. The lowest BCUT2D eigenvalue weighted by Crippen LogP contribution is -2.01. The first-order chi connectivity index (χ1) is 8.93. The molecule has 2 rings (SSSR count). The molecule has 6 heteroatoms. The van der Waals surface area contributed by atoms with E-state index in [2.05, 4.69) is 31.9 Å². The Labute approximate surface area is 131 Å². The Morgan fingerprint density at radius 3 is 2.53 bits per heavy atom. The first-order valence-corrected chi connectivity index (χ1v) is 7.81. The lowest BCUT2D eigenvalue weighted by molar-refractivity contribution is 0.218. The summed E-state index contributed by atoms with van der Waals surface area (Å²) >= 11 is 8.00. The number of thiophene rings is 1. The first-order valence-electron chi connectivity index (χ1n) is 5.41. The van der Waals surface area contributed by atoms with Gasteiger partial charge in [0.1, 0.15) is 17.7 Å². The van der Waals surface area contributed by atoms with Crippen molar-refractivity contribution in [1.82, 2.24) is 0 Å². The summed E-state index contributed by atoms with van der Waals surface area (Å²) in [4.78, 5) is 0.779. The number of aliphatic hydroxyl groups is 1. The van der Waals surface area contributed by atoms with Crippen molar-refractivity contribution in [3.63, 3.8) is 0 Å². The summed E-state index contributed by atoms with van der Waals surface area (Å²) in [5.41, 5.74) is 1.59. The SMILES string of the molecule is COc1cc(F)c(Br)cc1C(O)c1cc(C)c(Br)s1. The number of hydrogen-bond acceptors (Lipinski definition) is 3. The van der Waals surface area contributed by atoms with Crippen LogP contribution < -0.4 is 4.74 Å². The van der Waals surface area contributed by atoms with E-state index in [-0.39, 0.29) is 0 Å². The number of ether oxygens (including phenoxy) is 1. The van der Waals surface area contributed by atoms with Gasteiger partial charge in [-0.3, -0.25) is 0 Å². The van der Waals surface area contributed by atoms with E-state index in [9.17, 15) is 9.50 Å². The van der Waals surface area contributed by atoms with Crippen molar-refractivity contribution in [3.05, 3.63) is 48.3 Å². The van der Waals surface area contributed by atoms with Crippen LogP contribution in [-0.4, -0.2) is 12.2 Å². The molecule has 0 fully saturated rings. The lowest BCUT2D eigenvalue weighted by atomic mass is 10.1. The molecular formula is C13H11Br2FO2S. The molecule has 1 unspecified atom stereocenters. The lowest BCUT2D eigenvalue weighted by Gasteiger charge is -2.14. The number of aliphatic hydroxyl groups excluding tert-OH is 1. The maximum absolute atomic E-state index is 13.5. The molecule has 2 nitrogen and oxygen atoms in total. The van der Waals surface area contributed by atoms with Crippen LogP contribution in [-0.2, 0) is 0 Å². The highest BCUT2D eigenvalue weighted by molar-refractivity contribution is 9.11. The molecule has 0 spiro atoms. The van der Waals surface area contributed by atoms with Crippen LogP contribution in [0, 0.1) is 12.7 Å². The maximum atomic E-state index is 13.5. The fourth-order valence-electron chi connectivity index (χ4n) is 1.71. The van der Waals surface area contributed by atoms with Gasteiger partial charge >= 0.3 is 0 Å². The molecule has 0 aliphatic carbocycles. The fraction of sp³-hybridized carbons (Fsp3) is 0.231. The Kier molecular flexibility index (Phi) is 4.66. The smallest absolute Gasteiger partial charge is 0.141 e. The molecular weight excluding hydrogens is 399 g/mol. The number of methoxy groups -OCH3 is 1. The van der Waals surface area contributed by atoms with Gasteiger partial charge in [-0.25, -0.2) is 4.39 Å². The molecule has 0 saturated heterocycles. The molecule has 0 bridgehead atoms. The summed E-state index contributed by atoms with van der Waals surface area (Å²) in [6.07, 6.45) is -0.846. The van der Waals surface area contributed by atoms with Crippen LogP contribution in [0.15, 0.2) is 26.5 Å². The van der Waals surface area contributed by atoms with Crippen LogP contribution in [0.1, 0.15) is 22.1 Å². The zero-order chi connectivity index (χ0) is 14.2. The Bertz CT molecular complexity index is 593. The summed E-state index contributed by atoms with van der Waals surface area (Å²) in [6.45, 7) is 1.95. The molecule has 0 aliphatic rings. The number of benzene rings is 1. The molecule has 102 valence electrons. The summed E-state index contributed by atoms with van der Waals surface area (Å²) in [7, 11) is 1.45. The Hall–Kier alpha value is -0.430. The van der Waals surface area contributed by atoms with Gasteiger partial charge in [-0.05, 0) is 56.5 Å². The highest BCUT2D eigenvalue weighted by Gasteiger charge is 2.20. The van der Waals surface area contributed by atoms with Gasteiger partial charge in [-0.2, -0.15) is 0 Å². The molecule has 0 aliphatic heterocycles. The largest absolute Gasteiger partial charge is 0.496 e. The van der Waals surface area contributed by atoms with E-state index in [1.807, 2.05) is 13.0 Å². The van der Waals surface area contributed by atoms with Crippen LogP contribution in [0.5, 0.6) is 5.75 Å². The third-order valence-corrected chi connectivity index (χ3v) is 5.51. The highest BCUT2D eigenvalue weighted by Crippen LogP contribution is 2.38. The molecule has 1 aromatic carbocycles. The summed E-state index contributed by atoms with van der Waals surface area (Å²) < 4.78 is 19.9. The van der Waals surface area contributed by atoms with E-state index >= 15 is 0 Å². The number of aryl methyl sites for hydroxylation is 1. The minimum Gasteiger partial charge on any atom is -0.496 e. The Balaban J connectivity index is 2.48. The Morgan fingerprint density at radius 2 is 2.00 bits per heavy atom. The second-order valence-corrected chi connectivity index (χ2v) is 7.27. The second kappa shape index (κ2) is 5.91. The van der Waals surface area contributed by atoms with E-state index < -0.39 is 11.9 Å². The van der Waals surface area contributed by atoms with Crippen LogP contribution in [0.2, 0.25) is 0 Å². The van der Waals surface area contributed by atoms with Gasteiger partial charge in [0.05, 0.1) is 15.4 Å². The van der Waals surface area contributed by atoms with Gasteiger partial charge < -0.3 is 9.84 Å². The summed E-state index contributed by atoms with van der Waals surface area (Å²) in [6, 6.07) is 4.70. The highest BCUT2D eigenvalue weighted by atomic mass is 79.9. The predicted octanol–water partition coefficient (Wildman–Crippen LogP) is 4.81. The summed E-state index contributed by atoms with van der Waals surface area (Å²) in [5, 5.41) is 10.4. The van der Waals surface area contributed by atoms with Crippen molar-refractivity contribution in [3.8, 4) is 5.75 Å². The van der Waals surface area contributed by atoms with E-state index in [0.717, 1.165) is 14.2 Å². The van der Waals surface area contributed by atoms with E-state index in [1.54, 1.807) is 6.07 Å². The van der Waals surface area contributed by atoms with Crippen LogP contribution in [0.25, 0.3) is 0 Å². The minimum absolute atomic E-state index is 0.301. The van der Waals surface area contributed by atoms with Crippen LogP contribution in [0.3, 0.4) is 0 Å². The van der Waals surface area contributed by atoms with Gasteiger partial charge in [0, 0.05) is 16.5 Å². The van der Waals surface area contributed by atoms with E-state index in [4.69, 9.17) is 4.74 Å². The molecule has 0 amide bonds. The monoisotopic (exact) mass is 408 g/mol. The average molecular weight is 410 g/mol. The molecule has 0 saturated carbocycles. The van der Waals surface area contributed by atoms with E-state index in [0.29, 0.717) is 15.8 Å². The number of hydrogen-bond donors (Lipinski definition) is 1.